The SMILES string of the molecule is Nc1ccc(NNC(=S)Nc2ccccc2)cc1. The lowest BCUT2D eigenvalue weighted by atomic mass is 10.3. The second kappa shape index (κ2) is 5.88. The molecule has 0 amide bonds. The molecule has 4 nitrogen and oxygen atoms in total. The number of para-hydroxylation sites is 1. The van der Waals surface area contributed by atoms with Crippen molar-refractivity contribution in [1.29, 1.82) is 0 Å². The molecule has 0 atom stereocenters. The second-order valence-electron chi connectivity index (χ2n) is 3.69. The predicted molar refractivity (Wildman–Crippen MR) is 80.3 cm³/mol. The summed E-state index contributed by atoms with van der Waals surface area (Å²) in [6.45, 7) is 0. The minimum Gasteiger partial charge on any atom is -0.399 e. The fraction of sp³-hybridized carbons (Fsp3) is 0. The number of hydrogen-bond acceptors (Lipinski definition) is 3. The molecule has 0 fully saturated rings. The zero-order valence-electron chi connectivity index (χ0n) is 9.68. The van der Waals surface area contributed by atoms with E-state index in [9.17, 15) is 0 Å². The summed E-state index contributed by atoms with van der Waals surface area (Å²) < 4.78 is 0. The van der Waals surface area contributed by atoms with Gasteiger partial charge in [-0.3, -0.25) is 10.9 Å². The number of nitrogens with two attached hydrogens (primary N) is 1. The Labute approximate surface area is 111 Å². The fourth-order valence-electron chi connectivity index (χ4n) is 1.38. The van der Waals surface area contributed by atoms with Crippen molar-refractivity contribution >= 4 is 34.4 Å². The second-order valence-corrected chi connectivity index (χ2v) is 4.10. The predicted octanol–water partition coefficient (Wildman–Crippen LogP) is 2.58. The van der Waals surface area contributed by atoms with Gasteiger partial charge in [-0.05, 0) is 48.6 Å². The van der Waals surface area contributed by atoms with Gasteiger partial charge in [0.1, 0.15) is 0 Å². The number of nitrogen functional groups attached to an aromatic ring is 1. The molecule has 0 aliphatic rings. The monoisotopic (exact) mass is 258 g/mol. The maximum Gasteiger partial charge on any atom is 0.189 e. The molecule has 2 aromatic rings. The van der Waals surface area contributed by atoms with Crippen LogP contribution in [0.4, 0.5) is 17.1 Å². The van der Waals surface area contributed by atoms with Crippen molar-refractivity contribution in [2.24, 2.45) is 0 Å². The van der Waals surface area contributed by atoms with Crippen molar-refractivity contribution in [2.75, 3.05) is 16.5 Å². The molecule has 0 aliphatic carbocycles. The van der Waals surface area contributed by atoms with Gasteiger partial charge in [0.15, 0.2) is 5.11 Å². The van der Waals surface area contributed by atoms with Crippen LogP contribution in [0, 0.1) is 0 Å². The zero-order chi connectivity index (χ0) is 12.8. The zero-order valence-corrected chi connectivity index (χ0v) is 10.5. The average Bonchev–Trinajstić information content (AvgIpc) is 2.39. The summed E-state index contributed by atoms with van der Waals surface area (Å²) in [5.74, 6) is 0. The molecule has 0 spiro atoms. The van der Waals surface area contributed by atoms with Crippen LogP contribution in [0.3, 0.4) is 0 Å². The molecule has 5 heteroatoms. The Hall–Kier alpha value is -2.27. The van der Waals surface area contributed by atoms with Gasteiger partial charge in [-0.25, -0.2) is 0 Å². The van der Waals surface area contributed by atoms with Gasteiger partial charge < -0.3 is 11.1 Å². The Morgan fingerprint density at radius 2 is 1.56 bits per heavy atom. The summed E-state index contributed by atoms with van der Waals surface area (Å²) in [7, 11) is 0. The quantitative estimate of drug-likeness (QED) is 0.387. The van der Waals surface area contributed by atoms with Crippen molar-refractivity contribution in [1.82, 2.24) is 5.43 Å². The number of anilines is 3. The molecule has 0 saturated carbocycles. The van der Waals surface area contributed by atoms with E-state index >= 15 is 0 Å². The first kappa shape index (κ1) is 12.2. The van der Waals surface area contributed by atoms with Crippen molar-refractivity contribution in [2.45, 2.75) is 0 Å². The summed E-state index contributed by atoms with van der Waals surface area (Å²) in [5, 5.41) is 3.55. The highest BCUT2D eigenvalue weighted by atomic mass is 32.1. The first-order valence-electron chi connectivity index (χ1n) is 5.47. The lowest BCUT2D eigenvalue weighted by molar-refractivity contribution is 1.14. The normalized spacial score (nSPS) is 9.56. The molecule has 0 bridgehead atoms. The molecule has 0 aliphatic heterocycles. The first-order chi connectivity index (χ1) is 8.74. The molecule has 0 radical (unpaired) electrons. The number of hydrogen-bond donors (Lipinski definition) is 4. The minimum atomic E-state index is 0.498. The molecular weight excluding hydrogens is 244 g/mol. The topological polar surface area (TPSA) is 62.1 Å². The Morgan fingerprint density at radius 3 is 2.22 bits per heavy atom. The molecule has 0 saturated heterocycles. The van der Waals surface area contributed by atoms with E-state index in [1.165, 1.54) is 0 Å². The van der Waals surface area contributed by atoms with E-state index in [-0.39, 0.29) is 0 Å². The van der Waals surface area contributed by atoms with Crippen LogP contribution in [0.5, 0.6) is 0 Å². The summed E-state index contributed by atoms with van der Waals surface area (Å²) in [5.41, 5.74) is 14.0. The lowest BCUT2D eigenvalue weighted by Gasteiger charge is -2.12. The number of rotatable bonds is 3. The van der Waals surface area contributed by atoms with Gasteiger partial charge in [0, 0.05) is 11.4 Å². The van der Waals surface area contributed by atoms with E-state index in [2.05, 4.69) is 16.2 Å². The molecule has 2 aromatic carbocycles. The Kier molecular flexibility index (Phi) is 3.98. The van der Waals surface area contributed by atoms with Crippen molar-refractivity contribution in [3.8, 4) is 0 Å². The van der Waals surface area contributed by atoms with Gasteiger partial charge in [0.05, 0.1) is 5.69 Å². The fourth-order valence-corrected chi connectivity index (χ4v) is 1.55. The third-order valence-corrected chi connectivity index (χ3v) is 2.47. The number of nitrogens with one attached hydrogen (secondary N) is 3. The molecular formula is C13H14N4S. The van der Waals surface area contributed by atoms with Crippen LogP contribution in [0.15, 0.2) is 54.6 Å². The maximum atomic E-state index is 5.60. The molecule has 0 unspecified atom stereocenters. The molecule has 18 heavy (non-hydrogen) atoms. The van der Waals surface area contributed by atoms with Crippen LogP contribution in [-0.2, 0) is 0 Å². The minimum absolute atomic E-state index is 0.498. The summed E-state index contributed by atoms with van der Waals surface area (Å²) >= 11 is 5.15. The highest BCUT2D eigenvalue weighted by Crippen LogP contribution is 2.09. The third-order valence-electron chi connectivity index (χ3n) is 2.26. The number of benzene rings is 2. The van der Waals surface area contributed by atoms with Crippen LogP contribution >= 0.6 is 12.2 Å². The van der Waals surface area contributed by atoms with Gasteiger partial charge >= 0.3 is 0 Å². The van der Waals surface area contributed by atoms with Crippen LogP contribution in [0.25, 0.3) is 0 Å². The van der Waals surface area contributed by atoms with E-state index in [0.29, 0.717) is 5.11 Å². The van der Waals surface area contributed by atoms with Crippen LogP contribution in [-0.4, -0.2) is 5.11 Å². The van der Waals surface area contributed by atoms with Crippen LogP contribution in [0.2, 0.25) is 0 Å². The van der Waals surface area contributed by atoms with E-state index in [0.717, 1.165) is 17.1 Å². The molecule has 0 aromatic heterocycles. The molecule has 92 valence electrons. The highest BCUT2D eigenvalue weighted by molar-refractivity contribution is 7.80. The number of hydrazine groups is 1. The first-order valence-corrected chi connectivity index (χ1v) is 5.88. The lowest BCUT2D eigenvalue weighted by Crippen LogP contribution is -2.33. The van der Waals surface area contributed by atoms with Gasteiger partial charge in [-0.2, -0.15) is 0 Å². The van der Waals surface area contributed by atoms with Crippen LogP contribution in [0.1, 0.15) is 0 Å². The van der Waals surface area contributed by atoms with Crippen molar-refractivity contribution in [3.05, 3.63) is 54.6 Å². The summed E-state index contributed by atoms with van der Waals surface area (Å²) in [4.78, 5) is 0. The van der Waals surface area contributed by atoms with Gasteiger partial charge in [0.2, 0.25) is 0 Å². The van der Waals surface area contributed by atoms with Gasteiger partial charge in [-0.15, -0.1) is 0 Å². The maximum absolute atomic E-state index is 5.60. The third kappa shape index (κ3) is 3.64. The smallest absolute Gasteiger partial charge is 0.189 e. The Bertz CT molecular complexity index is 510. The largest absolute Gasteiger partial charge is 0.399 e. The van der Waals surface area contributed by atoms with E-state index in [4.69, 9.17) is 18.0 Å². The van der Waals surface area contributed by atoms with E-state index < -0.39 is 0 Å². The summed E-state index contributed by atoms with van der Waals surface area (Å²) in [6.07, 6.45) is 0. The Balaban J connectivity index is 1.83. The highest BCUT2D eigenvalue weighted by Gasteiger charge is 1.96. The standard InChI is InChI=1S/C13H14N4S/c14-10-6-8-12(9-7-10)16-17-13(18)15-11-4-2-1-3-5-11/h1-9,16H,14H2,(H2,15,17,18). The van der Waals surface area contributed by atoms with E-state index in [1.807, 2.05) is 54.6 Å². The van der Waals surface area contributed by atoms with Gasteiger partial charge in [-0.1, -0.05) is 18.2 Å². The molecule has 0 heterocycles. The molecule has 5 N–H and O–H groups in total. The Morgan fingerprint density at radius 1 is 0.889 bits per heavy atom. The van der Waals surface area contributed by atoms with Crippen molar-refractivity contribution in [3.63, 3.8) is 0 Å². The summed E-state index contributed by atoms with van der Waals surface area (Å²) in [6, 6.07) is 17.1. The van der Waals surface area contributed by atoms with E-state index in [1.54, 1.807) is 0 Å². The average molecular weight is 258 g/mol. The molecule has 2 rings (SSSR count). The number of thiocarbonyl (C=S) groups is 1. The van der Waals surface area contributed by atoms with Crippen LogP contribution < -0.4 is 21.9 Å². The van der Waals surface area contributed by atoms with Crippen molar-refractivity contribution < 1.29 is 0 Å². The van der Waals surface area contributed by atoms with Gasteiger partial charge in [0.25, 0.3) is 0 Å².